The van der Waals surface area contributed by atoms with Gasteiger partial charge >= 0.3 is 0 Å². The molecule has 0 heterocycles. The monoisotopic (exact) mass is 294 g/mol. The molecule has 0 amide bonds. The first-order valence-corrected chi connectivity index (χ1v) is 9.35. The van der Waals surface area contributed by atoms with E-state index in [4.69, 9.17) is 0 Å². The van der Waals surface area contributed by atoms with Gasteiger partial charge in [-0.1, -0.05) is 47.5 Å². The molecule has 0 spiro atoms. The van der Waals surface area contributed by atoms with Crippen LogP contribution in [0.2, 0.25) is 0 Å². The molecule has 1 N–H and O–H groups in total. The van der Waals surface area contributed by atoms with Crippen molar-refractivity contribution in [3.8, 4) is 0 Å². The minimum atomic E-state index is -0.465. The second-order valence-electron chi connectivity index (χ2n) is 9.45. The third kappa shape index (κ3) is 3.33. The summed E-state index contributed by atoms with van der Waals surface area (Å²) in [4.78, 5) is 0. The zero-order chi connectivity index (χ0) is 15.9. The molecule has 2 rings (SSSR count). The van der Waals surface area contributed by atoms with Crippen molar-refractivity contribution in [2.24, 2.45) is 28.6 Å². The van der Waals surface area contributed by atoms with E-state index in [0.29, 0.717) is 10.8 Å². The molecular weight excluding hydrogens is 256 g/mol. The molecule has 0 aliphatic heterocycles. The first kappa shape index (κ1) is 17.3. The summed E-state index contributed by atoms with van der Waals surface area (Å²) in [6.07, 6.45) is 10.1. The second-order valence-corrected chi connectivity index (χ2v) is 9.45. The van der Waals surface area contributed by atoms with Crippen LogP contribution in [0.15, 0.2) is 0 Å². The summed E-state index contributed by atoms with van der Waals surface area (Å²) in [6, 6.07) is 0. The number of aliphatic hydroxyl groups is 1. The highest BCUT2D eigenvalue weighted by Gasteiger charge is 2.53. The third-order valence-corrected chi connectivity index (χ3v) is 7.48. The van der Waals surface area contributed by atoms with Crippen LogP contribution in [-0.2, 0) is 0 Å². The van der Waals surface area contributed by atoms with Crippen molar-refractivity contribution in [2.45, 2.75) is 98.5 Å². The standard InChI is InChI=1S/C20H38O/c1-7-19(5,21)14-11-16-15(2)9-10-17-18(3,4)12-8-13-20(16,17)6/h15-17,21H,7-14H2,1-6H3. The maximum absolute atomic E-state index is 10.4. The fourth-order valence-corrected chi connectivity index (χ4v) is 5.87. The van der Waals surface area contributed by atoms with Gasteiger partial charge in [0.25, 0.3) is 0 Å². The Hall–Kier alpha value is -0.0400. The molecule has 0 saturated heterocycles. The minimum Gasteiger partial charge on any atom is -0.390 e. The molecule has 2 aliphatic carbocycles. The predicted molar refractivity (Wildman–Crippen MR) is 91.3 cm³/mol. The van der Waals surface area contributed by atoms with Gasteiger partial charge in [-0.05, 0) is 74.0 Å². The summed E-state index contributed by atoms with van der Waals surface area (Å²) >= 11 is 0. The first-order valence-electron chi connectivity index (χ1n) is 9.35. The van der Waals surface area contributed by atoms with Gasteiger partial charge in [0.05, 0.1) is 5.60 Å². The lowest BCUT2D eigenvalue weighted by atomic mass is 9.46. The molecule has 0 aromatic rings. The van der Waals surface area contributed by atoms with E-state index in [1.165, 1.54) is 38.5 Å². The van der Waals surface area contributed by atoms with Crippen LogP contribution < -0.4 is 0 Å². The van der Waals surface area contributed by atoms with Crippen LogP contribution in [0.4, 0.5) is 0 Å². The molecule has 5 unspecified atom stereocenters. The van der Waals surface area contributed by atoms with E-state index < -0.39 is 5.60 Å². The van der Waals surface area contributed by atoms with Crippen molar-refractivity contribution in [2.75, 3.05) is 0 Å². The number of rotatable bonds is 4. The second kappa shape index (κ2) is 5.87. The molecule has 1 heteroatoms. The molecule has 21 heavy (non-hydrogen) atoms. The highest BCUT2D eigenvalue weighted by atomic mass is 16.3. The summed E-state index contributed by atoms with van der Waals surface area (Å²) in [6.45, 7) is 14.2. The van der Waals surface area contributed by atoms with Crippen LogP contribution in [0.3, 0.4) is 0 Å². The number of hydrogen-bond acceptors (Lipinski definition) is 1. The Morgan fingerprint density at radius 1 is 1.14 bits per heavy atom. The molecule has 2 fully saturated rings. The van der Waals surface area contributed by atoms with E-state index in [0.717, 1.165) is 30.6 Å². The van der Waals surface area contributed by atoms with E-state index in [1.807, 2.05) is 6.92 Å². The van der Waals surface area contributed by atoms with Gasteiger partial charge in [-0.3, -0.25) is 0 Å². The highest BCUT2D eigenvalue weighted by Crippen LogP contribution is 2.62. The molecular formula is C20H38O. The first-order chi connectivity index (χ1) is 9.62. The van der Waals surface area contributed by atoms with Crippen molar-refractivity contribution in [1.29, 1.82) is 0 Å². The molecule has 124 valence electrons. The van der Waals surface area contributed by atoms with E-state index in [2.05, 4.69) is 34.6 Å². The van der Waals surface area contributed by atoms with Gasteiger partial charge in [0, 0.05) is 0 Å². The van der Waals surface area contributed by atoms with E-state index in [9.17, 15) is 5.11 Å². The summed E-state index contributed by atoms with van der Waals surface area (Å²) in [7, 11) is 0. The maximum Gasteiger partial charge on any atom is 0.0617 e. The SMILES string of the molecule is CCC(C)(O)CCC1C(C)CCC2C(C)(C)CCCC12C. The minimum absolute atomic E-state index is 0.465. The molecule has 2 aliphatic rings. The fraction of sp³-hybridized carbons (Fsp3) is 1.00. The van der Waals surface area contributed by atoms with Crippen LogP contribution in [0, 0.1) is 28.6 Å². The number of hydrogen-bond donors (Lipinski definition) is 1. The highest BCUT2D eigenvalue weighted by molar-refractivity contribution is 5.03. The molecule has 2 saturated carbocycles. The summed E-state index contributed by atoms with van der Waals surface area (Å²) in [5.74, 6) is 2.51. The number of fused-ring (bicyclic) bond motifs is 1. The van der Waals surface area contributed by atoms with Gasteiger partial charge in [-0.2, -0.15) is 0 Å². The smallest absolute Gasteiger partial charge is 0.0617 e. The largest absolute Gasteiger partial charge is 0.390 e. The lowest BCUT2D eigenvalue weighted by Gasteiger charge is -2.59. The van der Waals surface area contributed by atoms with Gasteiger partial charge in [0.15, 0.2) is 0 Å². The fourth-order valence-electron chi connectivity index (χ4n) is 5.87. The van der Waals surface area contributed by atoms with Crippen molar-refractivity contribution in [3.63, 3.8) is 0 Å². The third-order valence-electron chi connectivity index (χ3n) is 7.48. The molecule has 1 nitrogen and oxygen atoms in total. The van der Waals surface area contributed by atoms with E-state index in [1.54, 1.807) is 0 Å². The Morgan fingerprint density at radius 3 is 2.43 bits per heavy atom. The van der Waals surface area contributed by atoms with Gasteiger partial charge in [0.1, 0.15) is 0 Å². The Bertz CT molecular complexity index is 357. The van der Waals surface area contributed by atoms with Gasteiger partial charge < -0.3 is 5.11 Å². The zero-order valence-electron chi connectivity index (χ0n) is 15.3. The summed E-state index contributed by atoms with van der Waals surface area (Å²) < 4.78 is 0. The summed E-state index contributed by atoms with van der Waals surface area (Å²) in [5, 5.41) is 10.4. The average molecular weight is 295 g/mol. The lowest BCUT2D eigenvalue weighted by Crippen LogP contribution is -2.51. The van der Waals surface area contributed by atoms with Crippen LogP contribution >= 0.6 is 0 Å². The molecule has 0 bridgehead atoms. The maximum atomic E-state index is 10.4. The van der Waals surface area contributed by atoms with Crippen molar-refractivity contribution in [3.05, 3.63) is 0 Å². The van der Waals surface area contributed by atoms with Gasteiger partial charge in [-0.25, -0.2) is 0 Å². The Labute approximate surface area is 132 Å². The zero-order valence-corrected chi connectivity index (χ0v) is 15.3. The molecule has 0 aromatic carbocycles. The van der Waals surface area contributed by atoms with Crippen molar-refractivity contribution < 1.29 is 5.11 Å². The average Bonchev–Trinajstić information content (AvgIpc) is 2.36. The van der Waals surface area contributed by atoms with Crippen LogP contribution in [0.5, 0.6) is 0 Å². The Balaban J connectivity index is 2.17. The molecule has 0 aromatic heterocycles. The summed E-state index contributed by atoms with van der Waals surface area (Å²) in [5.41, 5.74) is 0.551. The predicted octanol–water partition coefficient (Wildman–Crippen LogP) is 5.81. The van der Waals surface area contributed by atoms with Crippen molar-refractivity contribution >= 4 is 0 Å². The van der Waals surface area contributed by atoms with Gasteiger partial charge in [-0.15, -0.1) is 0 Å². The lowest BCUT2D eigenvalue weighted by molar-refractivity contribution is -0.102. The normalized spacial score (nSPS) is 42.1. The topological polar surface area (TPSA) is 20.2 Å². The van der Waals surface area contributed by atoms with E-state index >= 15 is 0 Å². The van der Waals surface area contributed by atoms with Crippen LogP contribution in [0.1, 0.15) is 92.9 Å². The van der Waals surface area contributed by atoms with Crippen molar-refractivity contribution in [1.82, 2.24) is 0 Å². The Morgan fingerprint density at radius 2 is 1.81 bits per heavy atom. The van der Waals surface area contributed by atoms with Gasteiger partial charge in [0.2, 0.25) is 0 Å². The van der Waals surface area contributed by atoms with E-state index in [-0.39, 0.29) is 0 Å². The quantitative estimate of drug-likeness (QED) is 0.694. The van der Waals surface area contributed by atoms with Crippen LogP contribution in [0.25, 0.3) is 0 Å². The molecule has 0 radical (unpaired) electrons. The molecule has 5 atom stereocenters. The van der Waals surface area contributed by atoms with Crippen LogP contribution in [-0.4, -0.2) is 10.7 Å². The Kier molecular flexibility index (Phi) is 4.84.